The molecule has 0 aliphatic rings. The molecule has 0 saturated heterocycles. The molecule has 1 N–H and O–H groups in total. The van der Waals surface area contributed by atoms with Gasteiger partial charge in [0, 0.05) is 23.9 Å². The van der Waals surface area contributed by atoms with Crippen LogP contribution in [0.2, 0.25) is 0 Å². The van der Waals surface area contributed by atoms with Crippen LogP contribution >= 0.6 is 0 Å². The van der Waals surface area contributed by atoms with Crippen LogP contribution in [0.25, 0.3) is 11.4 Å². The molecule has 1 amide bonds. The second-order valence-corrected chi connectivity index (χ2v) is 6.39. The number of nitrogens with one attached hydrogen (secondary N) is 1. The number of carbonyl (C=O) groups excluding carboxylic acids is 1. The predicted molar refractivity (Wildman–Crippen MR) is 95.7 cm³/mol. The minimum atomic E-state index is -0.415. The Bertz CT molecular complexity index is 799. The number of aryl methyl sites for hydroxylation is 1. The van der Waals surface area contributed by atoms with Gasteiger partial charge in [0.25, 0.3) is 5.56 Å². The van der Waals surface area contributed by atoms with Gasteiger partial charge < -0.3 is 5.32 Å². The van der Waals surface area contributed by atoms with E-state index in [9.17, 15) is 14.0 Å². The molecule has 0 bridgehead atoms. The summed E-state index contributed by atoms with van der Waals surface area (Å²) in [4.78, 5) is 29.1. The van der Waals surface area contributed by atoms with Crippen molar-refractivity contribution in [3.63, 3.8) is 0 Å². The van der Waals surface area contributed by atoms with E-state index < -0.39 is 5.82 Å². The normalized spacial score (nSPS) is 10.9. The molecule has 1 aromatic heterocycles. The minimum Gasteiger partial charge on any atom is -0.355 e. The Morgan fingerprint density at radius 3 is 2.72 bits per heavy atom. The van der Waals surface area contributed by atoms with Crippen LogP contribution < -0.4 is 10.9 Å². The van der Waals surface area contributed by atoms with Gasteiger partial charge in [-0.25, -0.2) is 9.37 Å². The summed E-state index contributed by atoms with van der Waals surface area (Å²) in [6.45, 7) is 6.46. The number of hydrogen-bond acceptors (Lipinski definition) is 3. The van der Waals surface area contributed by atoms with E-state index in [4.69, 9.17) is 0 Å². The number of halogens is 1. The highest BCUT2D eigenvalue weighted by Gasteiger charge is 2.14. The monoisotopic (exact) mass is 345 g/mol. The first-order chi connectivity index (χ1) is 11.9. The summed E-state index contributed by atoms with van der Waals surface area (Å²) in [6, 6.07) is 7.30. The van der Waals surface area contributed by atoms with Crippen molar-refractivity contribution < 1.29 is 9.18 Å². The third kappa shape index (κ3) is 5.24. The molecule has 6 heteroatoms. The summed E-state index contributed by atoms with van der Waals surface area (Å²) in [7, 11) is 0. The third-order valence-electron chi connectivity index (χ3n) is 3.85. The van der Waals surface area contributed by atoms with Gasteiger partial charge >= 0.3 is 0 Å². The Kier molecular flexibility index (Phi) is 6.44. The molecule has 0 aliphatic heterocycles. The molecule has 1 heterocycles. The van der Waals surface area contributed by atoms with Gasteiger partial charge in [-0.3, -0.25) is 14.2 Å². The molecule has 0 fully saturated rings. The quantitative estimate of drug-likeness (QED) is 0.839. The van der Waals surface area contributed by atoms with E-state index in [0.29, 0.717) is 36.0 Å². The largest absolute Gasteiger partial charge is 0.355 e. The average Bonchev–Trinajstić information content (AvgIpc) is 2.56. The molecular formula is C19H24FN3O2. The Labute approximate surface area is 146 Å². The summed E-state index contributed by atoms with van der Waals surface area (Å²) in [5.41, 5.74) is 0.772. The number of rotatable bonds is 7. The second-order valence-electron chi connectivity index (χ2n) is 6.39. The highest BCUT2D eigenvalue weighted by Crippen LogP contribution is 2.17. The molecule has 0 saturated carbocycles. The van der Waals surface area contributed by atoms with Crippen molar-refractivity contribution in [2.75, 3.05) is 6.54 Å². The first kappa shape index (κ1) is 18.8. The number of aromatic nitrogens is 2. The molecule has 2 rings (SSSR count). The number of hydrogen-bond donors (Lipinski definition) is 1. The van der Waals surface area contributed by atoms with Crippen molar-refractivity contribution in [3.05, 3.63) is 52.2 Å². The van der Waals surface area contributed by atoms with Crippen molar-refractivity contribution in [2.24, 2.45) is 5.92 Å². The summed E-state index contributed by atoms with van der Waals surface area (Å²) >= 11 is 0. The van der Waals surface area contributed by atoms with Gasteiger partial charge in [-0.15, -0.1) is 0 Å². The molecule has 0 atom stereocenters. The minimum absolute atomic E-state index is 0.139. The van der Waals surface area contributed by atoms with E-state index in [1.54, 1.807) is 12.1 Å². The Hall–Kier alpha value is -2.50. The lowest BCUT2D eigenvalue weighted by atomic mass is 10.1. The molecule has 0 aliphatic carbocycles. The topological polar surface area (TPSA) is 64.0 Å². The lowest BCUT2D eigenvalue weighted by molar-refractivity contribution is -0.121. The van der Waals surface area contributed by atoms with E-state index in [-0.39, 0.29) is 18.0 Å². The molecule has 2 aromatic rings. The third-order valence-corrected chi connectivity index (χ3v) is 3.85. The van der Waals surface area contributed by atoms with Gasteiger partial charge in [0.1, 0.15) is 18.2 Å². The van der Waals surface area contributed by atoms with Crippen LogP contribution in [0.4, 0.5) is 4.39 Å². The first-order valence-corrected chi connectivity index (χ1v) is 8.54. The van der Waals surface area contributed by atoms with Crippen LogP contribution in [-0.2, 0) is 17.8 Å². The fourth-order valence-electron chi connectivity index (χ4n) is 2.44. The van der Waals surface area contributed by atoms with Crippen LogP contribution in [0.1, 0.15) is 32.9 Å². The highest BCUT2D eigenvalue weighted by atomic mass is 19.1. The lowest BCUT2D eigenvalue weighted by Gasteiger charge is -2.14. The summed E-state index contributed by atoms with van der Waals surface area (Å²) in [6.07, 6.45) is 1.45. The highest BCUT2D eigenvalue weighted by molar-refractivity contribution is 5.76. The summed E-state index contributed by atoms with van der Waals surface area (Å²) < 4.78 is 14.9. The van der Waals surface area contributed by atoms with Gasteiger partial charge in [-0.1, -0.05) is 32.9 Å². The van der Waals surface area contributed by atoms with E-state index >= 15 is 0 Å². The standard InChI is InChI=1S/C19H24FN3O2/c1-4-16-11-18(25)23(12-17(24)21-9-8-13(2)3)19(22-16)14-6-5-7-15(20)10-14/h5-7,10-11,13H,4,8-9,12H2,1-3H3,(H,21,24). The zero-order valence-corrected chi connectivity index (χ0v) is 14.9. The zero-order valence-electron chi connectivity index (χ0n) is 14.9. The Morgan fingerprint density at radius 1 is 1.32 bits per heavy atom. The fraction of sp³-hybridized carbons (Fsp3) is 0.421. The average molecular weight is 345 g/mol. The van der Waals surface area contributed by atoms with Gasteiger partial charge in [0.2, 0.25) is 5.91 Å². The van der Waals surface area contributed by atoms with Gasteiger partial charge in [0.15, 0.2) is 0 Å². The maximum absolute atomic E-state index is 13.6. The first-order valence-electron chi connectivity index (χ1n) is 8.54. The smallest absolute Gasteiger partial charge is 0.254 e. The maximum Gasteiger partial charge on any atom is 0.254 e. The van der Waals surface area contributed by atoms with Crippen molar-refractivity contribution >= 4 is 5.91 Å². The van der Waals surface area contributed by atoms with Crippen LogP contribution in [0.3, 0.4) is 0 Å². The molecule has 1 aromatic carbocycles. The van der Waals surface area contributed by atoms with Gasteiger partial charge in [0.05, 0.1) is 0 Å². The molecule has 25 heavy (non-hydrogen) atoms. The zero-order chi connectivity index (χ0) is 18.4. The number of amides is 1. The number of carbonyl (C=O) groups is 1. The molecule has 134 valence electrons. The van der Waals surface area contributed by atoms with Crippen LogP contribution in [0.5, 0.6) is 0 Å². The maximum atomic E-state index is 13.6. The predicted octanol–water partition coefficient (Wildman–Crippen LogP) is 2.77. The number of benzene rings is 1. The molecule has 0 spiro atoms. The van der Waals surface area contributed by atoms with E-state index in [1.807, 2.05) is 6.92 Å². The summed E-state index contributed by atoms with van der Waals surface area (Å²) in [5, 5.41) is 2.81. The molecule has 5 nitrogen and oxygen atoms in total. The Balaban J connectivity index is 2.33. The second kappa shape index (κ2) is 8.55. The lowest BCUT2D eigenvalue weighted by Crippen LogP contribution is -2.34. The summed E-state index contributed by atoms with van der Waals surface area (Å²) in [5.74, 6) is 0.118. The Morgan fingerprint density at radius 2 is 2.08 bits per heavy atom. The number of nitrogens with zero attached hydrogens (tertiary/aromatic N) is 2. The SMILES string of the molecule is CCc1cc(=O)n(CC(=O)NCCC(C)C)c(-c2cccc(F)c2)n1. The van der Waals surface area contributed by atoms with Crippen LogP contribution in [0.15, 0.2) is 35.1 Å². The molecular weight excluding hydrogens is 321 g/mol. The van der Waals surface area contributed by atoms with E-state index in [1.165, 1.54) is 22.8 Å². The van der Waals surface area contributed by atoms with Gasteiger partial charge in [-0.05, 0) is 30.9 Å². The van der Waals surface area contributed by atoms with Crippen LogP contribution in [-0.4, -0.2) is 22.0 Å². The van der Waals surface area contributed by atoms with Crippen molar-refractivity contribution in [3.8, 4) is 11.4 Å². The van der Waals surface area contributed by atoms with Crippen molar-refractivity contribution in [1.82, 2.24) is 14.9 Å². The van der Waals surface area contributed by atoms with Crippen LogP contribution in [0, 0.1) is 11.7 Å². The van der Waals surface area contributed by atoms with E-state index in [2.05, 4.69) is 24.1 Å². The van der Waals surface area contributed by atoms with Crippen molar-refractivity contribution in [1.29, 1.82) is 0 Å². The van der Waals surface area contributed by atoms with Gasteiger partial charge in [-0.2, -0.15) is 0 Å². The van der Waals surface area contributed by atoms with Crippen molar-refractivity contribution in [2.45, 2.75) is 40.2 Å². The molecule has 0 radical (unpaired) electrons. The van der Waals surface area contributed by atoms with E-state index in [0.717, 1.165) is 6.42 Å². The molecule has 0 unspecified atom stereocenters. The fourth-order valence-corrected chi connectivity index (χ4v) is 2.44.